The molecule has 0 aliphatic heterocycles. The van der Waals surface area contributed by atoms with Gasteiger partial charge < -0.3 is 9.72 Å². The van der Waals surface area contributed by atoms with Crippen molar-refractivity contribution in [2.45, 2.75) is 39.5 Å². The molecule has 0 aliphatic rings. The van der Waals surface area contributed by atoms with E-state index >= 15 is 0 Å². The molecule has 0 aliphatic carbocycles. The number of hydrogen-bond donors (Lipinski definition) is 2. The zero-order chi connectivity index (χ0) is 26.5. The van der Waals surface area contributed by atoms with Crippen LogP contribution in [-0.4, -0.2) is 46.2 Å². The Morgan fingerprint density at radius 1 is 1.14 bits per heavy atom. The third kappa shape index (κ3) is 4.36. The fraction of sp³-hybridized carbons (Fsp3) is 0.292. The minimum absolute atomic E-state index is 0.0281. The predicted molar refractivity (Wildman–Crippen MR) is 128 cm³/mol. The van der Waals surface area contributed by atoms with E-state index in [0.717, 1.165) is 27.6 Å². The van der Waals surface area contributed by atoms with E-state index in [1.165, 1.54) is 7.11 Å². The highest BCUT2D eigenvalue weighted by atomic mass is 19.4. The third-order valence-electron chi connectivity index (χ3n) is 5.92. The lowest BCUT2D eigenvalue weighted by atomic mass is 10.2. The standard InChI is InChI=1S/C24H24F3N9O/c1-13(2)35-20(14(3)10-30-35)21-29-11-17-22(32-21)34(23(28)31-17)12-15-5-7-16(8-6-15)36-19(37-4)9-18(33-36)24(25,26)27/h5-11,13H,12H2,1-4H3,(H2,28,31). The summed E-state index contributed by atoms with van der Waals surface area (Å²) < 4.78 is 49.1. The van der Waals surface area contributed by atoms with Gasteiger partial charge in [0.2, 0.25) is 11.5 Å². The number of aromatic nitrogens is 8. The summed E-state index contributed by atoms with van der Waals surface area (Å²) >= 11 is 0. The summed E-state index contributed by atoms with van der Waals surface area (Å²) in [6, 6.07) is 7.78. The maximum absolute atomic E-state index is 13.1. The normalized spacial score (nSPS) is 12.1. The monoisotopic (exact) mass is 511 g/mol. The zero-order valence-corrected chi connectivity index (χ0v) is 20.5. The van der Waals surface area contributed by atoms with Crippen molar-refractivity contribution < 1.29 is 17.9 Å². The van der Waals surface area contributed by atoms with Crippen molar-refractivity contribution in [1.29, 1.82) is 5.41 Å². The number of ether oxygens (including phenoxy) is 1. The molecule has 37 heavy (non-hydrogen) atoms. The second kappa shape index (κ2) is 8.91. The second-order valence-corrected chi connectivity index (χ2v) is 8.85. The fourth-order valence-electron chi connectivity index (χ4n) is 4.11. The number of imidazole rings is 1. The smallest absolute Gasteiger partial charge is 0.435 e. The van der Waals surface area contributed by atoms with Crippen LogP contribution >= 0.6 is 0 Å². The number of fused-ring (bicyclic) bond motifs is 1. The van der Waals surface area contributed by atoms with Crippen LogP contribution in [0, 0.1) is 12.3 Å². The van der Waals surface area contributed by atoms with E-state index in [9.17, 15) is 13.2 Å². The van der Waals surface area contributed by atoms with Gasteiger partial charge in [0, 0.05) is 12.1 Å². The van der Waals surface area contributed by atoms with Crippen molar-refractivity contribution in [2.75, 3.05) is 7.11 Å². The Bertz CT molecular complexity index is 1640. The van der Waals surface area contributed by atoms with E-state index in [1.54, 1.807) is 41.2 Å². The number of aryl methyl sites for hydroxylation is 1. The molecule has 0 radical (unpaired) electrons. The average molecular weight is 512 g/mol. The van der Waals surface area contributed by atoms with Crippen molar-refractivity contribution in [3.05, 3.63) is 65.2 Å². The average Bonchev–Trinajstić information content (AvgIpc) is 3.54. The van der Waals surface area contributed by atoms with Gasteiger partial charge in [-0.2, -0.15) is 23.4 Å². The first-order valence-electron chi connectivity index (χ1n) is 11.4. The molecule has 0 unspecified atom stereocenters. The molecule has 10 nitrogen and oxygen atoms in total. The molecule has 192 valence electrons. The Hall–Kier alpha value is -4.42. The predicted octanol–water partition coefficient (Wildman–Crippen LogP) is 4.25. The Morgan fingerprint density at radius 2 is 1.86 bits per heavy atom. The van der Waals surface area contributed by atoms with Crippen LogP contribution in [0.15, 0.2) is 42.7 Å². The SMILES string of the molecule is COc1cc(C(F)(F)F)nn1-c1ccc(Cn2c(=N)[nH]c3cnc(-c4c(C)cnn4C(C)C)nc32)cc1. The van der Waals surface area contributed by atoms with E-state index < -0.39 is 11.9 Å². The minimum atomic E-state index is -4.58. The second-order valence-electron chi connectivity index (χ2n) is 8.85. The third-order valence-corrected chi connectivity index (χ3v) is 5.92. The van der Waals surface area contributed by atoms with Gasteiger partial charge >= 0.3 is 6.18 Å². The Kier molecular flexibility index (Phi) is 5.85. The summed E-state index contributed by atoms with van der Waals surface area (Å²) in [4.78, 5) is 12.2. The van der Waals surface area contributed by atoms with Crippen molar-refractivity contribution in [1.82, 2.24) is 39.1 Å². The molecule has 0 saturated heterocycles. The largest absolute Gasteiger partial charge is 0.481 e. The fourth-order valence-corrected chi connectivity index (χ4v) is 4.11. The van der Waals surface area contributed by atoms with Crippen molar-refractivity contribution in [2.24, 2.45) is 0 Å². The number of nitrogens with one attached hydrogen (secondary N) is 2. The number of aromatic amines is 1. The zero-order valence-electron chi connectivity index (χ0n) is 20.5. The van der Waals surface area contributed by atoms with Crippen LogP contribution in [0.5, 0.6) is 5.88 Å². The molecule has 0 saturated carbocycles. The topological polar surface area (TPSA) is 115 Å². The molecule has 2 N–H and O–H groups in total. The maximum atomic E-state index is 13.1. The maximum Gasteiger partial charge on any atom is 0.435 e. The van der Waals surface area contributed by atoms with E-state index in [0.29, 0.717) is 29.2 Å². The van der Waals surface area contributed by atoms with Gasteiger partial charge in [0.1, 0.15) is 11.2 Å². The highest BCUT2D eigenvalue weighted by Crippen LogP contribution is 2.32. The number of H-pyrrole nitrogens is 1. The van der Waals surface area contributed by atoms with Crippen LogP contribution < -0.4 is 10.4 Å². The van der Waals surface area contributed by atoms with Crippen LogP contribution in [0.25, 0.3) is 28.4 Å². The molecule has 0 atom stereocenters. The van der Waals surface area contributed by atoms with Crippen molar-refractivity contribution >= 4 is 11.2 Å². The van der Waals surface area contributed by atoms with Gasteiger partial charge in [0.15, 0.2) is 17.2 Å². The lowest BCUT2D eigenvalue weighted by molar-refractivity contribution is -0.141. The van der Waals surface area contributed by atoms with Gasteiger partial charge in [-0.1, -0.05) is 12.1 Å². The Labute approximate surface area is 208 Å². The highest BCUT2D eigenvalue weighted by Gasteiger charge is 2.35. The lowest BCUT2D eigenvalue weighted by Crippen LogP contribution is -2.18. The van der Waals surface area contributed by atoms with E-state index in [1.807, 2.05) is 25.5 Å². The van der Waals surface area contributed by atoms with Crippen LogP contribution in [0.2, 0.25) is 0 Å². The number of hydrogen-bond acceptors (Lipinski definition) is 6. The van der Waals surface area contributed by atoms with Gasteiger partial charge in [-0.3, -0.25) is 14.7 Å². The van der Waals surface area contributed by atoms with E-state index in [2.05, 4.69) is 20.2 Å². The summed E-state index contributed by atoms with van der Waals surface area (Å²) in [5, 5.41) is 16.5. The number of nitrogens with zero attached hydrogens (tertiary/aromatic N) is 7. The highest BCUT2D eigenvalue weighted by molar-refractivity contribution is 5.72. The molecular weight excluding hydrogens is 487 g/mol. The van der Waals surface area contributed by atoms with Crippen molar-refractivity contribution in [3.63, 3.8) is 0 Å². The minimum Gasteiger partial charge on any atom is -0.481 e. The van der Waals surface area contributed by atoms with Crippen LogP contribution in [-0.2, 0) is 12.7 Å². The number of halogens is 3. The molecule has 0 bridgehead atoms. The first-order valence-corrected chi connectivity index (χ1v) is 11.4. The Balaban J connectivity index is 1.49. The van der Waals surface area contributed by atoms with Gasteiger partial charge in [0.05, 0.1) is 31.7 Å². The molecule has 1 aromatic carbocycles. The first-order chi connectivity index (χ1) is 17.6. The van der Waals surface area contributed by atoms with E-state index in [4.69, 9.17) is 15.1 Å². The molecule has 4 heterocycles. The molecule has 0 fully saturated rings. The molecule has 4 aromatic heterocycles. The molecular formula is C24H24F3N9O. The summed E-state index contributed by atoms with van der Waals surface area (Å²) in [5.41, 5.74) is 3.25. The molecule has 0 spiro atoms. The summed E-state index contributed by atoms with van der Waals surface area (Å²) in [6.45, 7) is 6.31. The summed E-state index contributed by atoms with van der Waals surface area (Å²) in [6.07, 6.45) is -1.16. The number of rotatable bonds is 6. The number of benzene rings is 1. The first kappa shape index (κ1) is 24.3. The van der Waals surface area contributed by atoms with Gasteiger partial charge in [0.25, 0.3) is 0 Å². The van der Waals surface area contributed by atoms with Crippen LogP contribution in [0.1, 0.15) is 36.7 Å². The molecule has 5 rings (SSSR count). The molecule has 13 heteroatoms. The molecule has 5 aromatic rings. The van der Waals surface area contributed by atoms with Crippen molar-refractivity contribution in [3.8, 4) is 23.1 Å². The van der Waals surface area contributed by atoms with Crippen LogP contribution in [0.3, 0.4) is 0 Å². The number of methoxy groups -OCH3 is 1. The van der Waals surface area contributed by atoms with Gasteiger partial charge in [-0.25, -0.2) is 14.6 Å². The lowest BCUT2D eigenvalue weighted by Gasteiger charge is -2.11. The quantitative estimate of drug-likeness (QED) is 0.354. The Morgan fingerprint density at radius 3 is 2.51 bits per heavy atom. The summed E-state index contributed by atoms with van der Waals surface area (Å²) in [7, 11) is 1.29. The summed E-state index contributed by atoms with van der Waals surface area (Å²) in [5.74, 6) is 0.477. The van der Waals surface area contributed by atoms with Gasteiger partial charge in [-0.15, -0.1) is 0 Å². The van der Waals surface area contributed by atoms with Gasteiger partial charge in [-0.05, 0) is 44.0 Å². The van der Waals surface area contributed by atoms with Crippen LogP contribution in [0.4, 0.5) is 13.2 Å². The molecule has 0 amide bonds. The van der Waals surface area contributed by atoms with E-state index in [-0.39, 0.29) is 17.5 Å². The number of alkyl halides is 3.